The number of unbranched alkanes of at least 4 members (excludes halogenated alkanes) is 1. The summed E-state index contributed by atoms with van der Waals surface area (Å²) >= 11 is 6.35. The highest BCUT2D eigenvalue weighted by Crippen LogP contribution is 2.38. The van der Waals surface area contributed by atoms with Gasteiger partial charge in [0.2, 0.25) is 0 Å². The van der Waals surface area contributed by atoms with Crippen LogP contribution >= 0.6 is 11.6 Å². The highest BCUT2D eigenvalue weighted by atomic mass is 35.5. The third kappa shape index (κ3) is 7.85. The number of carbonyl (C=O) groups excluding carboxylic acids is 1. The number of fused-ring (bicyclic) bond motifs is 1. The van der Waals surface area contributed by atoms with E-state index in [0.29, 0.717) is 13.0 Å². The number of anilines is 1. The molecule has 0 fully saturated rings. The van der Waals surface area contributed by atoms with Gasteiger partial charge in [0.1, 0.15) is 12.0 Å². The lowest BCUT2D eigenvalue weighted by molar-refractivity contribution is -0.108. The number of hydrogen-bond donors (Lipinski definition) is 0. The van der Waals surface area contributed by atoms with E-state index in [1.165, 1.54) is 16.7 Å². The zero-order chi connectivity index (χ0) is 25.2. The minimum absolute atomic E-state index is 0.195. The third-order valence-electron chi connectivity index (χ3n) is 6.72. The second-order valence-electron chi connectivity index (χ2n) is 9.95. The van der Waals surface area contributed by atoms with Gasteiger partial charge in [-0.25, -0.2) is 0 Å². The van der Waals surface area contributed by atoms with Gasteiger partial charge in [-0.2, -0.15) is 0 Å². The number of likely N-dealkylation sites (N-methyl/N-ethyl adjacent to an activating group) is 1. The number of halogens is 1. The highest BCUT2D eigenvalue weighted by Gasteiger charge is 2.26. The van der Waals surface area contributed by atoms with Gasteiger partial charge in [-0.3, -0.25) is 0 Å². The number of hydrogen-bond acceptors (Lipinski definition) is 4. The van der Waals surface area contributed by atoms with Crippen molar-refractivity contribution in [2.45, 2.75) is 57.8 Å². The first-order valence-electron chi connectivity index (χ1n) is 13.0. The molecule has 35 heavy (non-hydrogen) atoms. The van der Waals surface area contributed by atoms with Crippen molar-refractivity contribution in [3.8, 4) is 5.75 Å². The summed E-state index contributed by atoms with van der Waals surface area (Å²) in [6.07, 6.45) is 10.3. The maximum absolute atomic E-state index is 11.1. The molecule has 3 rings (SSSR count). The van der Waals surface area contributed by atoms with Gasteiger partial charge in [0.25, 0.3) is 0 Å². The number of carbonyl (C=O) groups is 1. The molecule has 1 aliphatic heterocycles. The van der Waals surface area contributed by atoms with Crippen LogP contribution in [0, 0.1) is 0 Å². The van der Waals surface area contributed by atoms with Crippen LogP contribution in [0.25, 0.3) is 0 Å². The van der Waals surface area contributed by atoms with Gasteiger partial charge in [-0.05, 0) is 80.2 Å². The van der Waals surface area contributed by atoms with Gasteiger partial charge in [0, 0.05) is 37.0 Å². The standard InChI is InChI=1S/C30H41ClN2O2/c1-5-10-25-19-27(31)12-13-28(25)26-21-33(17-9-7-6-8-16-32(3)4)29-20-24(23(2)15-18-34)11-14-30(29)35-22-26/h6,8,11-14,18-20,23,26H,5,7,9-10,15-17,21-22H2,1-4H3/b8-6+. The number of allylic oxidation sites excluding steroid dienone is 1. The van der Waals surface area contributed by atoms with Crippen LogP contribution in [0.5, 0.6) is 5.75 Å². The molecular formula is C30H41ClN2O2. The summed E-state index contributed by atoms with van der Waals surface area (Å²) in [4.78, 5) is 15.8. The quantitative estimate of drug-likeness (QED) is 0.182. The molecular weight excluding hydrogens is 456 g/mol. The molecule has 0 bridgehead atoms. The lowest BCUT2D eigenvalue weighted by Gasteiger charge is -2.28. The molecule has 4 nitrogen and oxygen atoms in total. The molecule has 0 amide bonds. The fourth-order valence-corrected chi connectivity index (χ4v) is 4.95. The van der Waals surface area contributed by atoms with E-state index < -0.39 is 0 Å². The van der Waals surface area contributed by atoms with Crippen LogP contribution in [0.2, 0.25) is 5.02 Å². The van der Waals surface area contributed by atoms with Crippen molar-refractivity contribution >= 4 is 23.6 Å². The number of ether oxygens (including phenoxy) is 1. The molecule has 0 saturated carbocycles. The van der Waals surface area contributed by atoms with Crippen molar-refractivity contribution in [2.24, 2.45) is 0 Å². The molecule has 2 aromatic carbocycles. The molecule has 5 heteroatoms. The Morgan fingerprint density at radius 3 is 2.77 bits per heavy atom. The molecule has 0 aromatic heterocycles. The predicted octanol–water partition coefficient (Wildman–Crippen LogP) is 6.87. The molecule has 1 aliphatic rings. The molecule has 0 saturated heterocycles. The molecule has 190 valence electrons. The van der Waals surface area contributed by atoms with Crippen LogP contribution in [0.1, 0.15) is 68.1 Å². The summed E-state index contributed by atoms with van der Waals surface area (Å²) in [6, 6.07) is 12.8. The van der Waals surface area contributed by atoms with Crippen molar-refractivity contribution in [3.05, 3.63) is 70.3 Å². The molecule has 0 spiro atoms. The predicted molar refractivity (Wildman–Crippen MR) is 148 cm³/mol. The summed E-state index contributed by atoms with van der Waals surface area (Å²) in [5.41, 5.74) is 5.00. The minimum atomic E-state index is 0.195. The van der Waals surface area contributed by atoms with Crippen molar-refractivity contribution in [2.75, 3.05) is 45.2 Å². The average Bonchev–Trinajstić information content (AvgIpc) is 3.01. The second kappa shape index (κ2) is 13.7. The van der Waals surface area contributed by atoms with Crippen molar-refractivity contribution in [1.82, 2.24) is 4.90 Å². The lowest BCUT2D eigenvalue weighted by atomic mass is 9.92. The molecule has 0 radical (unpaired) electrons. The Labute approximate surface area is 216 Å². The Morgan fingerprint density at radius 1 is 1.20 bits per heavy atom. The summed E-state index contributed by atoms with van der Waals surface area (Å²) in [5, 5.41) is 0.796. The SMILES string of the molecule is CCCc1cc(Cl)ccc1C1COc2ccc(C(C)CC=O)cc2N(CCC/C=C/CN(C)C)C1. The normalized spacial score (nSPS) is 16.7. The van der Waals surface area contributed by atoms with Crippen molar-refractivity contribution in [1.29, 1.82) is 0 Å². The van der Waals surface area contributed by atoms with Crippen LogP contribution in [-0.4, -0.2) is 51.5 Å². The van der Waals surface area contributed by atoms with Crippen LogP contribution in [0.3, 0.4) is 0 Å². The van der Waals surface area contributed by atoms with Gasteiger partial charge < -0.3 is 19.3 Å². The monoisotopic (exact) mass is 496 g/mol. The van der Waals surface area contributed by atoms with Crippen LogP contribution in [0.15, 0.2) is 48.6 Å². The zero-order valence-corrected chi connectivity index (χ0v) is 22.6. The Kier molecular flexibility index (Phi) is 10.7. The van der Waals surface area contributed by atoms with Gasteiger partial charge in [-0.1, -0.05) is 56.2 Å². The summed E-state index contributed by atoms with van der Waals surface area (Å²) < 4.78 is 6.41. The van der Waals surface area contributed by atoms with E-state index in [9.17, 15) is 4.79 Å². The number of rotatable bonds is 12. The minimum Gasteiger partial charge on any atom is -0.491 e. The molecule has 2 unspecified atom stereocenters. The van der Waals surface area contributed by atoms with E-state index in [4.69, 9.17) is 16.3 Å². The van der Waals surface area contributed by atoms with Gasteiger partial charge in [0.15, 0.2) is 0 Å². The van der Waals surface area contributed by atoms with E-state index in [-0.39, 0.29) is 11.8 Å². The third-order valence-corrected chi connectivity index (χ3v) is 6.96. The Hall–Kier alpha value is -2.30. The van der Waals surface area contributed by atoms with Crippen LogP contribution < -0.4 is 9.64 Å². The second-order valence-corrected chi connectivity index (χ2v) is 10.4. The molecule has 2 aromatic rings. The Bertz CT molecular complexity index is 988. The van der Waals surface area contributed by atoms with Crippen LogP contribution in [0.4, 0.5) is 5.69 Å². The summed E-state index contributed by atoms with van der Waals surface area (Å²) in [6.45, 7) is 7.80. The number of nitrogens with zero attached hydrogens (tertiary/aromatic N) is 2. The molecule has 2 atom stereocenters. The largest absolute Gasteiger partial charge is 0.491 e. The molecule has 0 aliphatic carbocycles. The smallest absolute Gasteiger partial charge is 0.142 e. The maximum atomic E-state index is 11.1. The van der Waals surface area contributed by atoms with E-state index in [2.05, 4.69) is 80.2 Å². The van der Waals surface area contributed by atoms with E-state index in [1.54, 1.807) is 0 Å². The first-order valence-corrected chi connectivity index (χ1v) is 13.3. The topological polar surface area (TPSA) is 32.8 Å². The first-order chi connectivity index (χ1) is 16.9. The number of benzene rings is 2. The maximum Gasteiger partial charge on any atom is 0.142 e. The summed E-state index contributed by atoms with van der Waals surface area (Å²) in [5.74, 6) is 1.39. The van der Waals surface area contributed by atoms with Gasteiger partial charge in [-0.15, -0.1) is 0 Å². The zero-order valence-electron chi connectivity index (χ0n) is 21.8. The number of aryl methyl sites for hydroxylation is 1. The Balaban J connectivity index is 1.87. The van der Waals surface area contributed by atoms with E-state index in [0.717, 1.165) is 68.1 Å². The number of aldehydes is 1. The fraction of sp³-hybridized carbons (Fsp3) is 0.500. The van der Waals surface area contributed by atoms with Gasteiger partial charge >= 0.3 is 0 Å². The fourth-order valence-electron chi connectivity index (χ4n) is 4.76. The average molecular weight is 497 g/mol. The molecule has 0 N–H and O–H groups in total. The van der Waals surface area contributed by atoms with Crippen molar-refractivity contribution in [3.63, 3.8) is 0 Å². The van der Waals surface area contributed by atoms with Crippen LogP contribution in [-0.2, 0) is 11.2 Å². The van der Waals surface area contributed by atoms with E-state index >= 15 is 0 Å². The first kappa shape index (κ1) is 27.3. The van der Waals surface area contributed by atoms with Crippen molar-refractivity contribution < 1.29 is 9.53 Å². The van der Waals surface area contributed by atoms with E-state index in [1.807, 2.05) is 6.07 Å². The highest BCUT2D eigenvalue weighted by molar-refractivity contribution is 6.30. The molecule has 1 heterocycles. The summed E-state index contributed by atoms with van der Waals surface area (Å²) in [7, 11) is 4.18. The Morgan fingerprint density at radius 2 is 2.03 bits per heavy atom. The van der Waals surface area contributed by atoms with Gasteiger partial charge in [0.05, 0.1) is 12.3 Å². The lowest BCUT2D eigenvalue weighted by Crippen LogP contribution is -2.30.